The Labute approximate surface area is 169 Å². The average molecular weight is 426 g/mol. The van der Waals surface area contributed by atoms with Crippen LogP contribution < -0.4 is 14.8 Å². The second-order valence-corrected chi connectivity index (χ2v) is 6.02. The summed E-state index contributed by atoms with van der Waals surface area (Å²) in [5, 5.41) is 2.53. The van der Waals surface area contributed by atoms with E-state index in [2.05, 4.69) is 14.8 Å². The first-order chi connectivity index (χ1) is 14.2. The molecule has 0 saturated carbocycles. The predicted octanol–water partition coefficient (Wildman–Crippen LogP) is 4.24. The molecule has 0 radical (unpaired) electrons. The summed E-state index contributed by atoms with van der Waals surface area (Å²) in [7, 11) is 3.12. The number of rotatable bonds is 8. The predicted molar refractivity (Wildman–Crippen MR) is 102 cm³/mol. The molecule has 0 unspecified atom stereocenters. The number of anilines is 1. The average Bonchev–Trinajstić information content (AvgIpc) is 2.66. The van der Waals surface area contributed by atoms with Crippen LogP contribution in [0.25, 0.3) is 6.08 Å². The molecule has 6 nitrogen and oxygen atoms in total. The Balaban J connectivity index is 2.21. The maximum Gasteiger partial charge on any atom is 0.387 e. The number of nitrogens with one attached hydrogen (secondary N) is 1. The van der Waals surface area contributed by atoms with Crippen molar-refractivity contribution in [2.75, 3.05) is 19.4 Å². The first-order valence-electron chi connectivity index (χ1n) is 8.50. The third-order valence-electron chi connectivity index (χ3n) is 3.66. The number of hydrogen-bond acceptors (Lipinski definition) is 4. The molecule has 160 valence electrons. The Bertz CT molecular complexity index is 933. The van der Waals surface area contributed by atoms with Gasteiger partial charge >= 0.3 is 13.2 Å². The molecule has 0 aliphatic heterocycles. The van der Waals surface area contributed by atoms with Crippen molar-refractivity contribution in [1.29, 1.82) is 0 Å². The molecule has 2 aromatic rings. The van der Waals surface area contributed by atoms with Crippen LogP contribution in [-0.2, 0) is 4.79 Å². The lowest BCUT2D eigenvalue weighted by molar-refractivity contribution is -0.111. The first-order valence-corrected chi connectivity index (χ1v) is 8.50. The molecular formula is C20H18F4N2O4. The van der Waals surface area contributed by atoms with E-state index in [4.69, 9.17) is 0 Å². The van der Waals surface area contributed by atoms with Crippen LogP contribution in [0.5, 0.6) is 11.5 Å². The molecule has 0 heterocycles. The maximum atomic E-state index is 12.6. The summed E-state index contributed by atoms with van der Waals surface area (Å²) in [6.07, 6.45) is 2.19. The molecule has 0 aliphatic rings. The van der Waals surface area contributed by atoms with Gasteiger partial charge in [-0.2, -0.15) is 17.6 Å². The molecule has 1 N–H and O–H groups in total. The lowest BCUT2D eigenvalue weighted by Gasteiger charge is -2.14. The molecule has 2 rings (SSSR count). The number of amides is 2. The van der Waals surface area contributed by atoms with Crippen molar-refractivity contribution >= 4 is 23.6 Å². The van der Waals surface area contributed by atoms with E-state index in [1.54, 1.807) is 26.2 Å². The highest BCUT2D eigenvalue weighted by Crippen LogP contribution is 2.28. The highest BCUT2D eigenvalue weighted by atomic mass is 19.3. The van der Waals surface area contributed by atoms with Gasteiger partial charge in [0.1, 0.15) is 11.5 Å². The van der Waals surface area contributed by atoms with E-state index in [0.29, 0.717) is 0 Å². The number of benzene rings is 2. The zero-order valence-corrected chi connectivity index (χ0v) is 15.9. The van der Waals surface area contributed by atoms with E-state index in [1.807, 2.05) is 0 Å². The van der Waals surface area contributed by atoms with Gasteiger partial charge in [0.25, 0.3) is 5.91 Å². The fourth-order valence-electron chi connectivity index (χ4n) is 2.39. The van der Waals surface area contributed by atoms with Gasteiger partial charge in [-0.25, -0.2) is 0 Å². The van der Waals surface area contributed by atoms with Crippen LogP contribution >= 0.6 is 0 Å². The first kappa shape index (κ1) is 22.7. The highest BCUT2D eigenvalue weighted by molar-refractivity contribution is 6.07. The molecule has 0 bridgehead atoms. The van der Waals surface area contributed by atoms with E-state index in [1.165, 1.54) is 23.1 Å². The van der Waals surface area contributed by atoms with Crippen molar-refractivity contribution in [3.05, 3.63) is 59.7 Å². The zero-order valence-electron chi connectivity index (χ0n) is 15.9. The quantitative estimate of drug-likeness (QED) is 0.507. The van der Waals surface area contributed by atoms with Crippen LogP contribution in [0.4, 0.5) is 23.2 Å². The highest BCUT2D eigenvalue weighted by Gasteiger charge is 2.15. The van der Waals surface area contributed by atoms with Crippen molar-refractivity contribution < 1.29 is 36.6 Å². The minimum Gasteiger partial charge on any atom is -0.435 e. The third kappa shape index (κ3) is 6.50. The number of hydrogen-bond donors (Lipinski definition) is 1. The lowest BCUT2D eigenvalue weighted by atomic mass is 10.1. The molecule has 0 spiro atoms. The SMILES string of the molecule is CN(C)C(=O)c1ccccc1NC(=O)/C=C/c1ccc(OC(F)F)cc1OC(F)F. The van der Waals surface area contributed by atoms with Gasteiger partial charge in [-0.3, -0.25) is 9.59 Å². The molecule has 30 heavy (non-hydrogen) atoms. The second-order valence-electron chi connectivity index (χ2n) is 6.02. The van der Waals surface area contributed by atoms with Crippen molar-refractivity contribution in [2.45, 2.75) is 13.2 Å². The standard InChI is InChI=1S/C20H18F4N2O4/c1-26(2)18(28)14-5-3-4-6-15(14)25-17(27)10-8-12-7-9-13(29-19(21)22)11-16(12)30-20(23)24/h3-11,19-20H,1-2H3,(H,25,27)/b10-8+. The number of alkyl halides is 4. The number of halogens is 4. The third-order valence-corrected chi connectivity index (χ3v) is 3.66. The van der Waals surface area contributed by atoms with Crippen LogP contribution in [0.2, 0.25) is 0 Å². The summed E-state index contributed by atoms with van der Waals surface area (Å²) in [6.45, 7) is -6.35. The Hall–Kier alpha value is -3.56. The normalized spacial score (nSPS) is 11.1. The van der Waals surface area contributed by atoms with Gasteiger partial charge in [-0.15, -0.1) is 0 Å². The number of nitrogens with zero attached hydrogens (tertiary/aromatic N) is 1. The van der Waals surface area contributed by atoms with E-state index in [0.717, 1.165) is 24.3 Å². The van der Waals surface area contributed by atoms with Crippen LogP contribution in [0.1, 0.15) is 15.9 Å². The zero-order chi connectivity index (χ0) is 22.3. The number of ether oxygens (including phenoxy) is 2. The smallest absolute Gasteiger partial charge is 0.387 e. The largest absolute Gasteiger partial charge is 0.435 e. The van der Waals surface area contributed by atoms with Gasteiger partial charge in [-0.05, 0) is 30.3 Å². The van der Waals surface area contributed by atoms with E-state index >= 15 is 0 Å². The lowest BCUT2D eigenvalue weighted by Crippen LogP contribution is -2.23. The molecule has 0 fully saturated rings. The minimum absolute atomic E-state index is 0.0321. The Morgan fingerprint density at radius 3 is 2.30 bits per heavy atom. The molecular weight excluding hydrogens is 408 g/mol. The van der Waals surface area contributed by atoms with Gasteiger partial charge in [0.15, 0.2) is 0 Å². The Morgan fingerprint density at radius 2 is 1.67 bits per heavy atom. The van der Waals surface area contributed by atoms with Gasteiger partial charge in [0.2, 0.25) is 5.91 Å². The summed E-state index contributed by atoms with van der Waals surface area (Å²) in [6, 6.07) is 9.50. The summed E-state index contributed by atoms with van der Waals surface area (Å²) in [5.74, 6) is -1.80. The fourth-order valence-corrected chi connectivity index (χ4v) is 2.39. The Morgan fingerprint density at radius 1 is 1.00 bits per heavy atom. The summed E-state index contributed by atoms with van der Waals surface area (Å²) >= 11 is 0. The molecule has 10 heteroatoms. The molecule has 0 aliphatic carbocycles. The van der Waals surface area contributed by atoms with Gasteiger partial charge < -0.3 is 19.7 Å². The molecule has 0 atom stereocenters. The van der Waals surface area contributed by atoms with Gasteiger partial charge in [-0.1, -0.05) is 12.1 Å². The number of carbonyl (C=O) groups excluding carboxylic acids is 2. The van der Waals surface area contributed by atoms with Crippen molar-refractivity contribution in [2.24, 2.45) is 0 Å². The van der Waals surface area contributed by atoms with Crippen molar-refractivity contribution in [1.82, 2.24) is 4.90 Å². The summed E-state index contributed by atoms with van der Waals surface area (Å²) in [5.41, 5.74) is 0.555. The van der Waals surface area contributed by atoms with E-state index < -0.39 is 24.9 Å². The van der Waals surface area contributed by atoms with E-state index in [-0.39, 0.29) is 28.5 Å². The second kappa shape index (κ2) is 10.3. The molecule has 0 aromatic heterocycles. The van der Waals surface area contributed by atoms with Crippen LogP contribution in [-0.4, -0.2) is 44.0 Å². The van der Waals surface area contributed by atoms with Gasteiger partial charge in [0.05, 0.1) is 11.3 Å². The monoisotopic (exact) mass is 426 g/mol. The fraction of sp³-hybridized carbons (Fsp3) is 0.200. The van der Waals surface area contributed by atoms with Gasteiger partial charge in [0, 0.05) is 31.8 Å². The van der Waals surface area contributed by atoms with E-state index in [9.17, 15) is 27.2 Å². The van der Waals surface area contributed by atoms with Crippen molar-refractivity contribution in [3.8, 4) is 11.5 Å². The maximum absolute atomic E-state index is 12.6. The number of carbonyl (C=O) groups is 2. The van der Waals surface area contributed by atoms with Crippen LogP contribution in [0.15, 0.2) is 48.5 Å². The topological polar surface area (TPSA) is 67.9 Å². The van der Waals surface area contributed by atoms with Crippen molar-refractivity contribution in [3.63, 3.8) is 0 Å². The molecule has 2 amide bonds. The number of para-hydroxylation sites is 1. The summed E-state index contributed by atoms with van der Waals surface area (Å²) < 4.78 is 58.3. The van der Waals surface area contributed by atoms with Crippen LogP contribution in [0.3, 0.4) is 0 Å². The summed E-state index contributed by atoms with van der Waals surface area (Å²) in [4.78, 5) is 25.8. The minimum atomic E-state index is -3.21. The Kier molecular flexibility index (Phi) is 7.79. The molecule has 2 aromatic carbocycles. The van der Waals surface area contributed by atoms with Crippen LogP contribution in [0, 0.1) is 0 Å². The molecule has 0 saturated heterocycles.